The monoisotopic (exact) mass is 272 g/mol. The second kappa shape index (κ2) is 6.82. The van der Waals surface area contributed by atoms with Crippen LogP contribution in [0.5, 0.6) is 0 Å². The molecule has 6 heteroatoms. The molecule has 0 aliphatic carbocycles. The highest BCUT2D eigenvalue weighted by Crippen LogP contribution is 2.21. The lowest BCUT2D eigenvalue weighted by atomic mass is 10.2. The Morgan fingerprint density at radius 2 is 2.39 bits per heavy atom. The van der Waals surface area contributed by atoms with E-state index in [4.69, 9.17) is 19.0 Å². The molecule has 1 saturated heterocycles. The van der Waals surface area contributed by atoms with Crippen molar-refractivity contribution in [3.05, 3.63) is 17.9 Å². The Morgan fingerprint density at radius 1 is 1.50 bits per heavy atom. The van der Waals surface area contributed by atoms with E-state index in [0.29, 0.717) is 17.5 Å². The zero-order valence-corrected chi connectivity index (χ0v) is 10.8. The van der Waals surface area contributed by atoms with Crippen molar-refractivity contribution in [2.24, 2.45) is 0 Å². The van der Waals surface area contributed by atoms with Crippen LogP contribution in [0.25, 0.3) is 0 Å². The summed E-state index contributed by atoms with van der Waals surface area (Å²) in [7, 11) is 0. The molecule has 0 aromatic carbocycles. The Balaban J connectivity index is 1.63. The van der Waals surface area contributed by atoms with Gasteiger partial charge in [-0.2, -0.15) is 0 Å². The van der Waals surface area contributed by atoms with Crippen LogP contribution in [0, 0.1) is 0 Å². The van der Waals surface area contributed by atoms with Crippen LogP contribution in [0.1, 0.15) is 29.8 Å². The first kappa shape index (κ1) is 13.5. The van der Waals surface area contributed by atoms with Crippen molar-refractivity contribution in [1.29, 1.82) is 0 Å². The van der Waals surface area contributed by atoms with Gasteiger partial charge in [-0.1, -0.05) is 11.8 Å². The molecule has 1 aliphatic heterocycles. The summed E-state index contributed by atoms with van der Waals surface area (Å²) >= 11 is 1.44. The third-order valence-corrected chi connectivity index (χ3v) is 3.44. The summed E-state index contributed by atoms with van der Waals surface area (Å²) in [6.45, 7) is 1.34. The first-order valence-electron chi connectivity index (χ1n) is 5.95. The molecular formula is C12H16O5S. The van der Waals surface area contributed by atoms with Crippen LogP contribution in [0.15, 0.2) is 21.6 Å². The zero-order valence-electron chi connectivity index (χ0n) is 9.96. The van der Waals surface area contributed by atoms with Crippen LogP contribution in [-0.4, -0.2) is 36.3 Å². The summed E-state index contributed by atoms with van der Waals surface area (Å²) in [5, 5.41) is 9.29. The molecule has 2 rings (SSSR count). The normalized spacial score (nSPS) is 19.9. The Hall–Kier alpha value is -0.980. The molecule has 2 heterocycles. The third-order valence-electron chi connectivity index (χ3n) is 2.56. The summed E-state index contributed by atoms with van der Waals surface area (Å²) < 4.78 is 16.1. The molecule has 1 N–H and O–H groups in total. The Labute approximate surface area is 109 Å². The average Bonchev–Trinajstić information content (AvgIpc) is 2.85. The number of furan rings is 1. The van der Waals surface area contributed by atoms with Crippen molar-refractivity contribution in [3.8, 4) is 0 Å². The number of hydrogen-bond acceptors (Lipinski definition) is 5. The summed E-state index contributed by atoms with van der Waals surface area (Å²) in [6.07, 6.45) is 3.14. The van der Waals surface area contributed by atoms with Gasteiger partial charge in [-0.25, -0.2) is 4.79 Å². The van der Waals surface area contributed by atoms with E-state index in [9.17, 15) is 4.79 Å². The van der Waals surface area contributed by atoms with E-state index in [2.05, 4.69) is 0 Å². The van der Waals surface area contributed by atoms with Crippen LogP contribution in [0.2, 0.25) is 0 Å². The molecule has 18 heavy (non-hydrogen) atoms. The van der Waals surface area contributed by atoms with Gasteiger partial charge in [-0.05, 0) is 31.4 Å². The van der Waals surface area contributed by atoms with Crippen LogP contribution >= 0.6 is 11.8 Å². The molecule has 0 amide bonds. The van der Waals surface area contributed by atoms with Gasteiger partial charge in [0, 0.05) is 12.4 Å². The average molecular weight is 272 g/mol. The van der Waals surface area contributed by atoms with E-state index in [1.165, 1.54) is 17.8 Å². The van der Waals surface area contributed by atoms with Gasteiger partial charge in [0.25, 0.3) is 0 Å². The number of carboxylic acid groups (broad SMARTS) is 1. The molecular weight excluding hydrogens is 256 g/mol. The third kappa shape index (κ3) is 4.04. The number of ether oxygens (including phenoxy) is 2. The van der Waals surface area contributed by atoms with Gasteiger partial charge in [0.15, 0.2) is 11.4 Å². The molecule has 1 aromatic heterocycles. The SMILES string of the molecule is O=C(O)c1ccc(SCCOC2CCCCO2)o1. The molecule has 0 radical (unpaired) electrons. The maximum Gasteiger partial charge on any atom is 0.371 e. The highest BCUT2D eigenvalue weighted by Gasteiger charge is 2.14. The lowest BCUT2D eigenvalue weighted by Gasteiger charge is -2.22. The van der Waals surface area contributed by atoms with Gasteiger partial charge < -0.3 is 19.0 Å². The molecule has 0 saturated carbocycles. The minimum atomic E-state index is -1.05. The fourth-order valence-corrected chi connectivity index (χ4v) is 2.37. The fraction of sp³-hybridized carbons (Fsp3) is 0.583. The van der Waals surface area contributed by atoms with Crippen LogP contribution in [0.4, 0.5) is 0 Å². The number of carbonyl (C=O) groups is 1. The van der Waals surface area contributed by atoms with Crippen LogP contribution in [-0.2, 0) is 9.47 Å². The molecule has 5 nitrogen and oxygen atoms in total. The highest BCUT2D eigenvalue weighted by atomic mass is 32.2. The maximum atomic E-state index is 10.6. The molecule has 1 aliphatic rings. The molecule has 1 aromatic rings. The second-order valence-corrected chi connectivity index (χ2v) is 5.04. The molecule has 1 atom stereocenters. The first-order valence-corrected chi connectivity index (χ1v) is 6.93. The van der Waals surface area contributed by atoms with E-state index < -0.39 is 5.97 Å². The Morgan fingerprint density at radius 3 is 3.06 bits per heavy atom. The Bertz CT molecular complexity index is 384. The molecule has 0 spiro atoms. The minimum Gasteiger partial charge on any atom is -0.475 e. The maximum absolute atomic E-state index is 10.6. The van der Waals surface area contributed by atoms with Gasteiger partial charge in [0.2, 0.25) is 5.76 Å². The van der Waals surface area contributed by atoms with Crippen LogP contribution in [0.3, 0.4) is 0 Å². The largest absolute Gasteiger partial charge is 0.475 e. The van der Waals surface area contributed by atoms with Gasteiger partial charge >= 0.3 is 5.97 Å². The molecule has 0 bridgehead atoms. The van der Waals surface area contributed by atoms with E-state index in [1.54, 1.807) is 6.07 Å². The predicted octanol–water partition coefficient (Wildman–Crippen LogP) is 2.61. The number of hydrogen-bond donors (Lipinski definition) is 1. The lowest BCUT2D eigenvalue weighted by Crippen LogP contribution is -2.23. The van der Waals surface area contributed by atoms with Gasteiger partial charge in [-0.3, -0.25) is 0 Å². The van der Waals surface area contributed by atoms with Crippen molar-refractivity contribution >= 4 is 17.7 Å². The predicted molar refractivity (Wildman–Crippen MR) is 65.9 cm³/mol. The van der Waals surface area contributed by atoms with E-state index in [1.807, 2.05) is 0 Å². The van der Waals surface area contributed by atoms with E-state index in [0.717, 1.165) is 25.9 Å². The van der Waals surface area contributed by atoms with Crippen molar-refractivity contribution in [2.75, 3.05) is 19.0 Å². The molecule has 1 fully saturated rings. The smallest absolute Gasteiger partial charge is 0.371 e. The summed E-state index contributed by atoms with van der Waals surface area (Å²) in [6, 6.07) is 3.11. The van der Waals surface area contributed by atoms with Gasteiger partial charge in [0.05, 0.1) is 6.61 Å². The highest BCUT2D eigenvalue weighted by molar-refractivity contribution is 7.99. The zero-order chi connectivity index (χ0) is 12.8. The fourth-order valence-electron chi connectivity index (χ4n) is 1.68. The first-order chi connectivity index (χ1) is 8.75. The number of carboxylic acids is 1. The lowest BCUT2D eigenvalue weighted by molar-refractivity contribution is -0.158. The summed E-state index contributed by atoms with van der Waals surface area (Å²) in [4.78, 5) is 10.6. The Kier molecular flexibility index (Phi) is 5.10. The van der Waals surface area contributed by atoms with E-state index >= 15 is 0 Å². The van der Waals surface area contributed by atoms with Crippen molar-refractivity contribution in [3.63, 3.8) is 0 Å². The van der Waals surface area contributed by atoms with Crippen molar-refractivity contribution in [1.82, 2.24) is 0 Å². The quantitative estimate of drug-likeness (QED) is 0.634. The minimum absolute atomic E-state index is 0.0333. The topological polar surface area (TPSA) is 68.9 Å². The standard InChI is InChI=1S/C12H16O5S/c13-12(14)9-4-5-11(17-9)18-8-7-16-10-3-1-2-6-15-10/h4-5,10H,1-3,6-8H2,(H,13,14). The number of aromatic carboxylic acids is 1. The second-order valence-electron chi connectivity index (χ2n) is 3.94. The van der Waals surface area contributed by atoms with E-state index in [-0.39, 0.29) is 12.1 Å². The molecule has 1 unspecified atom stereocenters. The summed E-state index contributed by atoms with van der Waals surface area (Å²) in [5.74, 6) is -0.366. The summed E-state index contributed by atoms with van der Waals surface area (Å²) in [5.41, 5.74) is 0. The number of thioether (sulfide) groups is 1. The number of rotatable bonds is 6. The van der Waals surface area contributed by atoms with Crippen molar-refractivity contribution < 1.29 is 23.8 Å². The van der Waals surface area contributed by atoms with Crippen LogP contribution < -0.4 is 0 Å². The van der Waals surface area contributed by atoms with Gasteiger partial charge in [-0.15, -0.1) is 0 Å². The van der Waals surface area contributed by atoms with Gasteiger partial charge in [0.1, 0.15) is 0 Å². The van der Waals surface area contributed by atoms with Crippen molar-refractivity contribution in [2.45, 2.75) is 30.6 Å². The molecule has 100 valence electrons.